The lowest BCUT2D eigenvalue weighted by Crippen LogP contribution is -2.51. The van der Waals surface area contributed by atoms with Crippen molar-refractivity contribution in [3.05, 3.63) is 27.7 Å². The first-order valence-electron chi connectivity index (χ1n) is 6.55. The second kappa shape index (κ2) is 6.70. The van der Waals surface area contributed by atoms with E-state index in [1.807, 2.05) is 26.0 Å². The second-order valence-corrected chi connectivity index (χ2v) is 7.03. The van der Waals surface area contributed by atoms with Gasteiger partial charge < -0.3 is 15.3 Å². The molecule has 1 atom stereocenters. The summed E-state index contributed by atoms with van der Waals surface area (Å²) in [5, 5.41) is 12.1. The van der Waals surface area contributed by atoms with Crippen molar-refractivity contribution in [3.63, 3.8) is 0 Å². The van der Waals surface area contributed by atoms with Gasteiger partial charge in [0.2, 0.25) is 0 Å². The lowest BCUT2D eigenvalue weighted by atomic mass is 10.1. The summed E-state index contributed by atoms with van der Waals surface area (Å²) in [6, 6.07) is 2.73. The number of rotatable bonds is 2. The number of anilines is 1. The number of hydrogen-bond acceptors (Lipinski definition) is 3. The van der Waals surface area contributed by atoms with E-state index in [-0.39, 0.29) is 6.03 Å². The van der Waals surface area contributed by atoms with Gasteiger partial charge >= 0.3 is 12.0 Å². The third-order valence-electron chi connectivity index (χ3n) is 3.40. The molecule has 1 aliphatic heterocycles. The number of aryl methyl sites for hydroxylation is 2. The van der Waals surface area contributed by atoms with Crippen molar-refractivity contribution >= 4 is 45.4 Å². The van der Waals surface area contributed by atoms with Gasteiger partial charge in [-0.05, 0) is 37.1 Å². The fourth-order valence-electron chi connectivity index (χ4n) is 2.34. The average molecular weight is 373 g/mol. The molecule has 1 aromatic rings. The highest BCUT2D eigenvalue weighted by Crippen LogP contribution is 2.26. The number of amides is 2. The van der Waals surface area contributed by atoms with E-state index in [1.54, 1.807) is 11.8 Å². The minimum absolute atomic E-state index is 0.351. The maximum absolute atomic E-state index is 12.4. The molecule has 2 amide bonds. The van der Waals surface area contributed by atoms with Crippen LogP contribution in [0.15, 0.2) is 16.6 Å². The third kappa shape index (κ3) is 3.71. The zero-order chi connectivity index (χ0) is 15.6. The largest absolute Gasteiger partial charge is 0.480 e. The van der Waals surface area contributed by atoms with Crippen LogP contribution >= 0.6 is 27.7 Å². The Kier molecular flexibility index (Phi) is 5.16. The number of nitrogens with one attached hydrogen (secondary N) is 1. The Bertz CT molecular complexity index is 556. The Morgan fingerprint density at radius 1 is 1.38 bits per heavy atom. The monoisotopic (exact) mass is 372 g/mol. The standard InChI is InChI=1S/C14H17BrN2O3S/c1-8-5-10(15)6-9(2)12(8)16-14(20)17-3-4-21-7-11(17)13(18)19/h5-6,11H,3-4,7H2,1-2H3,(H,16,20)(H,18,19). The van der Waals surface area contributed by atoms with Gasteiger partial charge in [-0.25, -0.2) is 9.59 Å². The molecule has 1 aromatic carbocycles. The molecule has 0 aromatic heterocycles. The van der Waals surface area contributed by atoms with Gasteiger partial charge in [-0.2, -0.15) is 11.8 Å². The van der Waals surface area contributed by atoms with E-state index in [4.69, 9.17) is 0 Å². The van der Waals surface area contributed by atoms with Crippen LogP contribution in [0.2, 0.25) is 0 Å². The SMILES string of the molecule is Cc1cc(Br)cc(C)c1NC(=O)N1CCSCC1C(=O)O. The zero-order valence-corrected chi connectivity index (χ0v) is 14.3. The number of aliphatic carboxylic acids is 1. The van der Waals surface area contributed by atoms with Crippen molar-refractivity contribution in [3.8, 4) is 0 Å². The summed E-state index contributed by atoms with van der Waals surface area (Å²) in [5.41, 5.74) is 2.62. The molecule has 0 saturated carbocycles. The third-order valence-corrected chi connectivity index (χ3v) is 4.88. The molecule has 2 N–H and O–H groups in total. The van der Waals surface area contributed by atoms with Crippen LogP contribution in [-0.4, -0.2) is 46.1 Å². The Morgan fingerprint density at radius 3 is 2.57 bits per heavy atom. The van der Waals surface area contributed by atoms with Crippen molar-refractivity contribution in [1.82, 2.24) is 4.90 Å². The predicted octanol–water partition coefficient (Wildman–Crippen LogP) is 3.10. The number of nitrogens with zero attached hydrogens (tertiary/aromatic N) is 1. The molecule has 5 nitrogen and oxygen atoms in total. The number of urea groups is 1. The predicted molar refractivity (Wildman–Crippen MR) is 88.1 cm³/mol. The van der Waals surface area contributed by atoms with Crippen LogP contribution in [0.5, 0.6) is 0 Å². The first kappa shape index (κ1) is 16.2. The summed E-state index contributed by atoms with van der Waals surface area (Å²) in [6.07, 6.45) is 0. The van der Waals surface area contributed by atoms with Gasteiger partial charge in [-0.15, -0.1) is 0 Å². The Labute approximate surface area is 136 Å². The number of carbonyl (C=O) groups excluding carboxylic acids is 1. The van der Waals surface area contributed by atoms with E-state index < -0.39 is 12.0 Å². The first-order chi connectivity index (χ1) is 9.90. The summed E-state index contributed by atoms with van der Waals surface area (Å²) in [6.45, 7) is 4.27. The molecule has 1 heterocycles. The van der Waals surface area contributed by atoms with Gasteiger partial charge in [0.1, 0.15) is 6.04 Å². The fourth-order valence-corrected chi connectivity index (χ4v) is 4.06. The van der Waals surface area contributed by atoms with E-state index in [0.717, 1.165) is 27.0 Å². The Balaban J connectivity index is 2.19. The zero-order valence-electron chi connectivity index (χ0n) is 11.9. The summed E-state index contributed by atoms with van der Waals surface area (Å²) in [4.78, 5) is 25.1. The summed E-state index contributed by atoms with van der Waals surface area (Å²) < 4.78 is 0.952. The van der Waals surface area contributed by atoms with Crippen LogP contribution in [0.4, 0.5) is 10.5 Å². The van der Waals surface area contributed by atoms with Crippen LogP contribution in [0.3, 0.4) is 0 Å². The van der Waals surface area contributed by atoms with E-state index in [9.17, 15) is 14.7 Å². The molecule has 21 heavy (non-hydrogen) atoms. The lowest BCUT2D eigenvalue weighted by Gasteiger charge is -2.32. The van der Waals surface area contributed by atoms with E-state index >= 15 is 0 Å². The highest BCUT2D eigenvalue weighted by molar-refractivity contribution is 9.10. The normalized spacial score (nSPS) is 18.4. The highest BCUT2D eigenvalue weighted by Gasteiger charge is 2.32. The number of thioether (sulfide) groups is 1. The van der Waals surface area contributed by atoms with Crippen LogP contribution < -0.4 is 5.32 Å². The topological polar surface area (TPSA) is 69.6 Å². The molecular formula is C14H17BrN2O3S. The minimum atomic E-state index is -0.957. The number of hydrogen-bond donors (Lipinski definition) is 2. The summed E-state index contributed by atoms with van der Waals surface area (Å²) in [5.74, 6) is 0.234. The van der Waals surface area contributed by atoms with Crippen molar-refractivity contribution in [2.75, 3.05) is 23.4 Å². The van der Waals surface area contributed by atoms with Gasteiger partial charge in [0.05, 0.1) is 0 Å². The number of carboxylic acid groups (broad SMARTS) is 1. The van der Waals surface area contributed by atoms with Crippen LogP contribution in [0.25, 0.3) is 0 Å². The van der Waals surface area contributed by atoms with Crippen LogP contribution in [-0.2, 0) is 4.79 Å². The number of benzene rings is 1. The molecule has 0 bridgehead atoms. The van der Waals surface area contributed by atoms with Gasteiger partial charge in [0, 0.05) is 28.2 Å². The van der Waals surface area contributed by atoms with Crippen molar-refractivity contribution in [2.24, 2.45) is 0 Å². The molecule has 1 fully saturated rings. The quantitative estimate of drug-likeness (QED) is 0.836. The molecule has 0 radical (unpaired) electrons. The Morgan fingerprint density at radius 2 is 2.00 bits per heavy atom. The van der Waals surface area contributed by atoms with Gasteiger partial charge in [-0.3, -0.25) is 0 Å². The maximum atomic E-state index is 12.4. The second-order valence-electron chi connectivity index (χ2n) is 4.97. The number of carboxylic acids is 1. The van der Waals surface area contributed by atoms with Gasteiger partial charge in [0.25, 0.3) is 0 Å². The molecule has 1 aliphatic rings. The minimum Gasteiger partial charge on any atom is -0.480 e. The molecule has 1 saturated heterocycles. The molecule has 1 unspecified atom stereocenters. The van der Waals surface area contributed by atoms with Crippen molar-refractivity contribution < 1.29 is 14.7 Å². The molecule has 0 aliphatic carbocycles. The number of halogens is 1. The van der Waals surface area contributed by atoms with Gasteiger partial charge in [0.15, 0.2) is 0 Å². The molecule has 7 heteroatoms. The highest BCUT2D eigenvalue weighted by atomic mass is 79.9. The molecule has 0 spiro atoms. The summed E-state index contributed by atoms with van der Waals surface area (Å²) in [7, 11) is 0. The summed E-state index contributed by atoms with van der Waals surface area (Å²) >= 11 is 4.97. The Hall–Kier alpha value is -1.21. The maximum Gasteiger partial charge on any atom is 0.327 e. The first-order valence-corrected chi connectivity index (χ1v) is 8.50. The molecule has 2 rings (SSSR count). The fraction of sp³-hybridized carbons (Fsp3) is 0.429. The molecular weight excluding hydrogens is 356 g/mol. The molecule has 114 valence electrons. The van der Waals surface area contributed by atoms with Crippen LogP contribution in [0.1, 0.15) is 11.1 Å². The lowest BCUT2D eigenvalue weighted by molar-refractivity contribution is -0.141. The van der Waals surface area contributed by atoms with Gasteiger partial charge in [-0.1, -0.05) is 15.9 Å². The van der Waals surface area contributed by atoms with Crippen LogP contribution in [0, 0.1) is 13.8 Å². The van der Waals surface area contributed by atoms with E-state index in [0.29, 0.717) is 12.3 Å². The van der Waals surface area contributed by atoms with Crippen molar-refractivity contribution in [1.29, 1.82) is 0 Å². The smallest absolute Gasteiger partial charge is 0.327 e. The number of carbonyl (C=O) groups is 2. The van der Waals surface area contributed by atoms with Crippen molar-refractivity contribution in [2.45, 2.75) is 19.9 Å². The average Bonchev–Trinajstić information content (AvgIpc) is 2.42. The van der Waals surface area contributed by atoms with E-state index in [1.165, 1.54) is 4.90 Å². The van der Waals surface area contributed by atoms with E-state index in [2.05, 4.69) is 21.2 Å².